The highest BCUT2D eigenvalue weighted by Gasteiger charge is 2.53. The molecule has 1 spiro atoms. The number of nitrogens with one attached hydrogen (secondary N) is 2. The van der Waals surface area contributed by atoms with E-state index in [-0.39, 0.29) is 0 Å². The molecule has 1 aliphatic heterocycles. The van der Waals surface area contributed by atoms with Crippen molar-refractivity contribution in [1.82, 2.24) is 15.8 Å². The first-order valence-corrected chi connectivity index (χ1v) is 9.12. The van der Waals surface area contributed by atoms with Crippen molar-refractivity contribution in [1.29, 1.82) is 0 Å². The molecule has 27 heavy (non-hydrogen) atoms. The standard InChI is InChI=1S/C19H25N3O5/c1-12-8-10-19(11-9-12)17(24)22(18(25)20-19)21-16(23)13(2)27-15-6-4-14(26-3)5-7-15/h4-7,12-13H,8-11H2,1-3H3,(H,20,25)(H,21,23). The Balaban J connectivity index is 1.61. The van der Waals surface area contributed by atoms with E-state index in [1.54, 1.807) is 38.3 Å². The molecule has 1 aromatic rings. The third kappa shape index (κ3) is 3.84. The smallest absolute Gasteiger partial charge is 0.344 e. The van der Waals surface area contributed by atoms with Gasteiger partial charge in [0.15, 0.2) is 6.10 Å². The Morgan fingerprint density at radius 2 is 1.81 bits per heavy atom. The lowest BCUT2D eigenvalue weighted by Gasteiger charge is -2.33. The number of nitrogens with zero attached hydrogens (tertiary/aromatic N) is 1. The molecule has 146 valence electrons. The topological polar surface area (TPSA) is 97.0 Å². The zero-order chi connectivity index (χ0) is 19.6. The van der Waals surface area contributed by atoms with E-state index < -0.39 is 29.5 Å². The van der Waals surface area contributed by atoms with Crippen LogP contribution in [0.5, 0.6) is 11.5 Å². The Hall–Kier alpha value is -2.77. The minimum absolute atomic E-state index is 0.399. The van der Waals surface area contributed by atoms with Gasteiger partial charge in [0.1, 0.15) is 17.0 Å². The SMILES string of the molecule is COc1ccc(OC(C)C(=O)NN2C(=O)NC3(CCC(C)CC3)C2=O)cc1. The lowest BCUT2D eigenvalue weighted by Crippen LogP contribution is -2.53. The zero-order valence-electron chi connectivity index (χ0n) is 15.8. The van der Waals surface area contributed by atoms with Crippen molar-refractivity contribution in [3.63, 3.8) is 0 Å². The van der Waals surface area contributed by atoms with Crippen molar-refractivity contribution in [2.75, 3.05) is 7.11 Å². The monoisotopic (exact) mass is 375 g/mol. The van der Waals surface area contributed by atoms with Crippen molar-refractivity contribution in [2.45, 2.75) is 51.2 Å². The highest BCUT2D eigenvalue weighted by molar-refractivity contribution is 6.08. The van der Waals surface area contributed by atoms with Crippen LogP contribution in [0.1, 0.15) is 39.5 Å². The number of benzene rings is 1. The Morgan fingerprint density at radius 1 is 1.22 bits per heavy atom. The number of imide groups is 1. The van der Waals surface area contributed by atoms with Gasteiger partial charge in [-0.3, -0.25) is 15.0 Å². The second-order valence-electron chi connectivity index (χ2n) is 7.25. The van der Waals surface area contributed by atoms with E-state index in [0.29, 0.717) is 30.3 Å². The molecule has 1 aliphatic carbocycles. The van der Waals surface area contributed by atoms with Crippen molar-refractivity contribution < 1.29 is 23.9 Å². The van der Waals surface area contributed by atoms with Gasteiger partial charge in [-0.05, 0) is 62.8 Å². The predicted octanol–water partition coefficient (Wildman–Crippen LogP) is 1.99. The van der Waals surface area contributed by atoms with Crippen LogP contribution in [-0.2, 0) is 9.59 Å². The van der Waals surface area contributed by atoms with E-state index in [9.17, 15) is 14.4 Å². The van der Waals surface area contributed by atoms with E-state index >= 15 is 0 Å². The first-order chi connectivity index (χ1) is 12.8. The molecule has 1 saturated heterocycles. The molecule has 2 fully saturated rings. The van der Waals surface area contributed by atoms with Crippen LogP contribution in [0.15, 0.2) is 24.3 Å². The molecule has 0 bridgehead atoms. The number of amides is 4. The third-order valence-electron chi connectivity index (χ3n) is 5.25. The van der Waals surface area contributed by atoms with Gasteiger partial charge < -0.3 is 14.8 Å². The molecule has 3 rings (SSSR count). The molecule has 2 N–H and O–H groups in total. The van der Waals surface area contributed by atoms with E-state index in [2.05, 4.69) is 17.7 Å². The van der Waals surface area contributed by atoms with Gasteiger partial charge >= 0.3 is 6.03 Å². The molecule has 8 heteroatoms. The van der Waals surface area contributed by atoms with Crippen LogP contribution >= 0.6 is 0 Å². The Morgan fingerprint density at radius 3 is 2.41 bits per heavy atom. The van der Waals surface area contributed by atoms with Gasteiger partial charge in [-0.1, -0.05) is 6.92 Å². The van der Waals surface area contributed by atoms with Gasteiger partial charge in [-0.25, -0.2) is 4.79 Å². The van der Waals surface area contributed by atoms with Crippen LogP contribution < -0.4 is 20.2 Å². The maximum absolute atomic E-state index is 12.8. The normalized spacial score (nSPS) is 25.9. The van der Waals surface area contributed by atoms with Crippen LogP contribution in [0.4, 0.5) is 4.79 Å². The number of ether oxygens (including phenoxy) is 2. The second kappa shape index (κ2) is 7.46. The fourth-order valence-electron chi connectivity index (χ4n) is 3.43. The number of hydrazine groups is 1. The number of hydrogen-bond donors (Lipinski definition) is 2. The molecular formula is C19H25N3O5. The summed E-state index contributed by atoms with van der Waals surface area (Å²) in [5.41, 5.74) is 1.49. The van der Waals surface area contributed by atoms with Crippen LogP contribution in [0.2, 0.25) is 0 Å². The summed E-state index contributed by atoms with van der Waals surface area (Å²) in [5.74, 6) is 0.709. The highest BCUT2D eigenvalue weighted by Crippen LogP contribution is 2.35. The molecule has 0 aromatic heterocycles. The molecular weight excluding hydrogens is 350 g/mol. The summed E-state index contributed by atoms with van der Waals surface area (Å²) in [5, 5.41) is 3.55. The maximum atomic E-state index is 12.8. The average molecular weight is 375 g/mol. The highest BCUT2D eigenvalue weighted by atomic mass is 16.5. The minimum atomic E-state index is -0.892. The number of carbonyl (C=O) groups excluding carboxylic acids is 3. The van der Waals surface area contributed by atoms with Gasteiger partial charge in [0.2, 0.25) is 0 Å². The van der Waals surface area contributed by atoms with E-state index in [0.717, 1.165) is 17.9 Å². The third-order valence-corrected chi connectivity index (χ3v) is 5.25. The summed E-state index contributed by atoms with van der Waals surface area (Å²) in [7, 11) is 1.56. The minimum Gasteiger partial charge on any atom is -0.497 e. The van der Waals surface area contributed by atoms with Crippen molar-refractivity contribution >= 4 is 17.8 Å². The number of urea groups is 1. The molecule has 8 nitrogen and oxygen atoms in total. The van der Waals surface area contributed by atoms with Crippen LogP contribution in [0.3, 0.4) is 0 Å². The first-order valence-electron chi connectivity index (χ1n) is 9.12. The zero-order valence-corrected chi connectivity index (χ0v) is 15.8. The Labute approximate surface area is 158 Å². The lowest BCUT2D eigenvalue weighted by atomic mass is 9.77. The van der Waals surface area contributed by atoms with Crippen molar-refractivity contribution in [3.8, 4) is 11.5 Å². The van der Waals surface area contributed by atoms with Crippen molar-refractivity contribution in [2.24, 2.45) is 5.92 Å². The summed E-state index contributed by atoms with van der Waals surface area (Å²) in [6.07, 6.45) is 2.02. The summed E-state index contributed by atoms with van der Waals surface area (Å²) < 4.78 is 10.6. The largest absolute Gasteiger partial charge is 0.497 e. The summed E-state index contributed by atoms with van der Waals surface area (Å²) >= 11 is 0. The van der Waals surface area contributed by atoms with Gasteiger partial charge in [0, 0.05) is 0 Å². The van der Waals surface area contributed by atoms with Crippen LogP contribution in [-0.4, -0.2) is 41.6 Å². The predicted molar refractivity (Wildman–Crippen MR) is 97.0 cm³/mol. The molecule has 4 amide bonds. The van der Waals surface area contributed by atoms with Gasteiger partial charge in [0.25, 0.3) is 11.8 Å². The lowest BCUT2D eigenvalue weighted by molar-refractivity contribution is -0.142. The average Bonchev–Trinajstić information content (AvgIpc) is 2.89. The van der Waals surface area contributed by atoms with E-state index in [1.165, 1.54) is 0 Å². The Bertz CT molecular complexity index is 725. The summed E-state index contributed by atoms with van der Waals surface area (Å²) in [6, 6.07) is 6.18. The fraction of sp³-hybridized carbons (Fsp3) is 0.526. The summed E-state index contributed by atoms with van der Waals surface area (Å²) in [4.78, 5) is 37.4. The second-order valence-corrected chi connectivity index (χ2v) is 7.25. The van der Waals surface area contributed by atoms with Crippen molar-refractivity contribution in [3.05, 3.63) is 24.3 Å². The van der Waals surface area contributed by atoms with Crippen LogP contribution in [0.25, 0.3) is 0 Å². The summed E-state index contributed by atoms with van der Waals surface area (Å²) in [6.45, 7) is 3.68. The number of hydrogen-bond acceptors (Lipinski definition) is 5. The van der Waals surface area contributed by atoms with Gasteiger partial charge in [-0.15, -0.1) is 0 Å². The van der Waals surface area contributed by atoms with Crippen LogP contribution in [0, 0.1) is 5.92 Å². The molecule has 1 heterocycles. The van der Waals surface area contributed by atoms with Gasteiger partial charge in [0.05, 0.1) is 7.11 Å². The fourth-order valence-corrected chi connectivity index (χ4v) is 3.43. The molecule has 0 radical (unpaired) electrons. The number of rotatable bonds is 5. The quantitative estimate of drug-likeness (QED) is 0.767. The van der Waals surface area contributed by atoms with E-state index in [1.807, 2.05) is 0 Å². The Kier molecular flexibility index (Phi) is 5.25. The molecule has 1 atom stereocenters. The molecule has 1 saturated carbocycles. The number of methoxy groups -OCH3 is 1. The van der Waals surface area contributed by atoms with Gasteiger partial charge in [-0.2, -0.15) is 5.01 Å². The number of carbonyl (C=O) groups is 3. The molecule has 2 aliphatic rings. The molecule has 1 aromatic carbocycles. The van der Waals surface area contributed by atoms with E-state index in [4.69, 9.17) is 9.47 Å². The first kappa shape index (κ1) is 19.0. The maximum Gasteiger partial charge on any atom is 0.344 e. The molecule has 1 unspecified atom stereocenters.